The van der Waals surface area contributed by atoms with Gasteiger partial charge in [-0.2, -0.15) is 5.26 Å². The Bertz CT molecular complexity index is 358. The molecule has 0 saturated heterocycles. The third-order valence-electron chi connectivity index (χ3n) is 1.85. The van der Waals surface area contributed by atoms with E-state index in [1.54, 1.807) is 12.1 Å². The van der Waals surface area contributed by atoms with Crippen LogP contribution in [-0.2, 0) is 6.42 Å². The minimum atomic E-state index is -2.46. The predicted molar refractivity (Wildman–Crippen MR) is 58.1 cm³/mol. The second-order valence-electron chi connectivity index (χ2n) is 2.80. The number of hydrogen-bond acceptors (Lipinski definition) is 1. The molecule has 1 nitrogen and oxygen atoms in total. The van der Waals surface area contributed by atoms with Crippen LogP contribution in [0.15, 0.2) is 18.2 Å². The summed E-state index contributed by atoms with van der Waals surface area (Å²) in [4.78, 5) is 0. The van der Waals surface area contributed by atoms with Gasteiger partial charge in [0, 0.05) is 15.6 Å². The van der Waals surface area contributed by atoms with Crippen molar-refractivity contribution in [3.63, 3.8) is 0 Å². The summed E-state index contributed by atoms with van der Waals surface area (Å²) < 4.78 is 25.9. The van der Waals surface area contributed by atoms with E-state index in [9.17, 15) is 8.78 Å². The van der Waals surface area contributed by atoms with E-state index in [0.29, 0.717) is 12.0 Å². The van der Waals surface area contributed by atoms with Gasteiger partial charge >= 0.3 is 0 Å². The van der Waals surface area contributed by atoms with Crippen LogP contribution in [0.5, 0.6) is 0 Å². The molecule has 0 aliphatic carbocycles. The zero-order valence-electron chi connectivity index (χ0n) is 7.30. The molecule has 0 bridgehead atoms. The molecule has 0 amide bonds. The first-order chi connectivity index (χ1) is 6.65. The van der Waals surface area contributed by atoms with Crippen molar-refractivity contribution >= 4 is 22.6 Å². The molecule has 1 rings (SSSR count). The van der Waals surface area contributed by atoms with Gasteiger partial charge in [0.2, 0.25) is 0 Å². The molecule has 14 heavy (non-hydrogen) atoms. The van der Waals surface area contributed by atoms with Crippen molar-refractivity contribution in [2.75, 3.05) is 0 Å². The summed E-state index contributed by atoms with van der Waals surface area (Å²) in [5.74, 6) is 0. The quantitative estimate of drug-likeness (QED) is 0.781. The van der Waals surface area contributed by atoms with E-state index >= 15 is 0 Å². The fourth-order valence-corrected chi connectivity index (χ4v) is 1.70. The van der Waals surface area contributed by atoms with Crippen LogP contribution in [0.1, 0.15) is 24.0 Å². The highest BCUT2D eigenvalue weighted by Crippen LogP contribution is 2.25. The Hall–Kier alpha value is -0.700. The SMILES string of the molecule is N#CCCc1ccc(I)cc1C(F)F. The molecule has 1 aromatic rings. The monoisotopic (exact) mass is 307 g/mol. The normalized spacial score (nSPS) is 10.2. The number of benzene rings is 1. The maximum atomic E-state index is 12.5. The summed E-state index contributed by atoms with van der Waals surface area (Å²) in [7, 11) is 0. The Labute approximate surface area is 94.9 Å². The van der Waals surface area contributed by atoms with Crippen molar-refractivity contribution in [3.8, 4) is 6.07 Å². The van der Waals surface area contributed by atoms with Crippen molar-refractivity contribution in [2.24, 2.45) is 0 Å². The fourth-order valence-electron chi connectivity index (χ4n) is 1.19. The lowest BCUT2D eigenvalue weighted by Gasteiger charge is -2.07. The number of halogens is 3. The van der Waals surface area contributed by atoms with E-state index in [4.69, 9.17) is 5.26 Å². The van der Waals surface area contributed by atoms with Gasteiger partial charge in [-0.25, -0.2) is 8.78 Å². The van der Waals surface area contributed by atoms with E-state index in [1.807, 2.05) is 28.7 Å². The first-order valence-electron chi connectivity index (χ1n) is 4.08. The summed E-state index contributed by atoms with van der Waals surface area (Å²) in [6, 6.07) is 6.86. The van der Waals surface area contributed by atoms with Gasteiger partial charge in [0.15, 0.2) is 0 Å². The smallest absolute Gasteiger partial charge is 0.205 e. The average molecular weight is 307 g/mol. The van der Waals surface area contributed by atoms with E-state index in [-0.39, 0.29) is 12.0 Å². The maximum Gasteiger partial charge on any atom is 0.264 e. The summed E-state index contributed by atoms with van der Waals surface area (Å²) >= 11 is 1.99. The molecule has 0 aliphatic rings. The lowest BCUT2D eigenvalue weighted by atomic mass is 10.0. The Balaban J connectivity index is 2.97. The van der Waals surface area contributed by atoms with Gasteiger partial charge in [-0.1, -0.05) is 6.07 Å². The Morgan fingerprint density at radius 2 is 2.14 bits per heavy atom. The summed E-state index contributed by atoms with van der Waals surface area (Å²) in [5, 5.41) is 8.37. The van der Waals surface area contributed by atoms with Crippen LogP contribution in [0.2, 0.25) is 0 Å². The largest absolute Gasteiger partial charge is 0.264 e. The molecule has 0 unspecified atom stereocenters. The number of nitrogens with zero attached hydrogens (tertiary/aromatic N) is 1. The molecule has 0 fully saturated rings. The highest BCUT2D eigenvalue weighted by atomic mass is 127. The lowest BCUT2D eigenvalue weighted by molar-refractivity contribution is 0.150. The van der Waals surface area contributed by atoms with Crippen molar-refractivity contribution in [3.05, 3.63) is 32.9 Å². The van der Waals surface area contributed by atoms with Gasteiger partial charge in [-0.15, -0.1) is 0 Å². The maximum absolute atomic E-state index is 12.5. The topological polar surface area (TPSA) is 23.8 Å². The second-order valence-corrected chi connectivity index (χ2v) is 4.05. The van der Waals surface area contributed by atoms with Crippen LogP contribution in [0.25, 0.3) is 0 Å². The minimum absolute atomic E-state index is 0.0483. The molecule has 0 aromatic heterocycles. The van der Waals surface area contributed by atoms with Crippen molar-refractivity contribution in [1.29, 1.82) is 5.26 Å². The standard InChI is InChI=1S/C10H8F2IN/c11-10(12)9-6-8(13)4-3-7(9)2-1-5-14/h3-4,6,10H,1-2H2. The molecule has 0 atom stereocenters. The summed E-state index contributed by atoms with van der Waals surface area (Å²) in [5.41, 5.74) is 0.620. The highest BCUT2D eigenvalue weighted by Gasteiger charge is 2.12. The van der Waals surface area contributed by atoms with Crippen molar-refractivity contribution in [2.45, 2.75) is 19.3 Å². The summed E-state index contributed by atoms with van der Waals surface area (Å²) in [6.07, 6.45) is -1.79. The van der Waals surface area contributed by atoms with Crippen LogP contribution in [0, 0.1) is 14.9 Å². The van der Waals surface area contributed by atoms with Gasteiger partial charge in [0.1, 0.15) is 0 Å². The zero-order valence-corrected chi connectivity index (χ0v) is 9.46. The molecule has 0 N–H and O–H groups in total. The van der Waals surface area contributed by atoms with Crippen LogP contribution in [-0.4, -0.2) is 0 Å². The van der Waals surface area contributed by atoms with E-state index in [1.165, 1.54) is 6.07 Å². The third-order valence-corrected chi connectivity index (χ3v) is 2.52. The second kappa shape index (κ2) is 5.25. The molecule has 0 spiro atoms. The Morgan fingerprint density at radius 1 is 1.43 bits per heavy atom. The summed E-state index contributed by atoms with van der Waals surface area (Å²) in [6.45, 7) is 0. The van der Waals surface area contributed by atoms with Crippen molar-refractivity contribution < 1.29 is 8.78 Å². The van der Waals surface area contributed by atoms with Gasteiger partial charge < -0.3 is 0 Å². The number of alkyl halides is 2. The van der Waals surface area contributed by atoms with Crippen LogP contribution in [0.4, 0.5) is 8.78 Å². The van der Waals surface area contributed by atoms with Gasteiger partial charge in [-0.05, 0) is 46.7 Å². The molecule has 4 heteroatoms. The molecule has 0 aliphatic heterocycles. The Kier molecular flexibility index (Phi) is 4.26. The minimum Gasteiger partial charge on any atom is -0.205 e. The van der Waals surface area contributed by atoms with Gasteiger partial charge in [0.05, 0.1) is 6.07 Å². The predicted octanol–water partition coefficient (Wildman–Crippen LogP) is 3.68. The molecule has 0 saturated carbocycles. The van der Waals surface area contributed by atoms with E-state index in [0.717, 1.165) is 3.57 Å². The van der Waals surface area contributed by atoms with Crippen LogP contribution < -0.4 is 0 Å². The molecule has 0 radical (unpaired) electrons. The Morgan fingerprint density at radius 3 is 2.71 bits per heavy atom. The number of nitriles is 1. The number of rotatable bonds is 3. The first kappa shape index (κ1) is 11.4. The zero-order chi connectivity index (χ0) is 10.6. The van der Waals surface area contributed by atoms with E-state index < -0.39 is 6.43 Å². The van der Waals surface area contributed by atoms with Gasteiger partial charge in [-0.3, -0.25) is 0 Å². The molecular weight excluding hydrogens is 299 g/mol. The van der Waals surface area contributed by atoms with E-state index in [2.05, 4.69) is 0 Å². The first-order valence-corrected chi connectivity index (χ1v) is 5.16. The lowest BCUT2D eigenvalue weighted by Crippen LogP contribution is -1.95. The molecule has 74 valence electrons. The highest BCUT2D eigenvalue weighted by molar-refractivity contribution is 14.1. The van der Waals surface area contributed by atoms with Gasteiger partial charge in [0.25, 0.3) is 6.43 Å². The van der Waals surface area contributed by atoms with Crippen molar-refractivity contribution in [1.82, 2.24) is 0 Å². The van der Waals surface area contributed by atoms with Crippen LogP contribution >= 0.6 is 22.6 Å². The fraction of sp³-hybridized carbons (Fsp3) is 0.300. The molecular formula is C10H8F2IN. The third kappa shape index (κ3) is 2.91. The number of hydrogen-bond donors (Lipinski definition) is 0. The molecule has 0 heterocycles. The molecule has 1 aromatic carbocycles. The average Bonchev–Trinajstić information content (AvgIpc) is 2.15. The van der Waals surface area contributed by atoms with Crippen LogP contribution in [0.3, 0.4) is 0 Å². The number of aryl methyl sites for hydroxylation is 1.